The lowest BCUT2D eigenvalue weighted by molar-refractivity contribution is -0.132. The predicted octanol–water partition coefficient (Wildman–Crippen LogP) is 6.43. The molecule has 0 fully saturated rings. The topological polar surface area (TPSA) is 71.4 Å². The third kappa shape index (κ3) is 7.32. The molecule has 1 aromatic rings. The van der Waals surface area contributed by atoms with E-state index in [9.17, 15) is 19.5 Å². The van der Waals surface area contributed by atoms with Crippen LogP contribution in [0.5, 0.6) is 0 Å². The molecule has 0 aliphatic heterocycles. The smallest absolute Gasteiger partial charge is 0.331 e. The molecule has 31 heavy (non-hydrogen) atoms. The molecule has 0 aromatic heterocycles. The van der Waals surface area contributed by atoms with Crippen molar-refractivity contribution >= 4 is 17.5 Å². The molecule has 1 aromatic carbocycles. The van der Waals surface area contributed by atoms with Crippen molar-refractivity contribution in [1.29, 1.82) is 0 Å². The van der Waals surface area contributed by atoms with E-state index in [2.05, 4.69) is 19.1 Å². The van der Waals surface area contributed by atoms with E-state index in [-0.39, 0.29) is 11.6 Å². The molecule has 0 heterocycles. The van der Waals surface area contributed by atoms with Gasteiger partial charge in [0.05, 0.1) is 0 Å². The minimum absolute atomic E-state index is 0.0752. The SMILES string of the molecule is CC(C)=CCCC(=CCCC(C)=CCCc1ccc2c(c1)C(=O)C(C)=CC2=O)C(=O)O. The number of carbonyl (C=O) groups excluding carboxylic acids is 2. The molecule has 164 valence electrons. The number of aliphatic carboxylic acids is 1. The van der Waals surface area contributed by atoms with Gasteiger partial charge in [0.25, 0.3) is 0 Å². The Morgan fingerprint density at radius 1 is 0.935 bits per heavy atom. The van der Waals surface area contributed by atoms with Gasteiger partial charge >= 0.3 is 5.97 Å². The van der Waals surface area contributed by atoms with Crippen LogP contribution >= 0.6 is 0 Å². The molecule has 2 rings (SSSR count). The highest BCUT2D eigenvalue weighted by atomic mass is 16.4. The number of ketones is 2. The van der Waals surface area contributed by atoms with Gasteiger partial charge in [-0.25, -0.2) is 4.79 Å². The molecule has 1 N–H and O–H groups in total. The van der Waals surface area contributed by atoms with E-state index in [1.54, 1.807) is 13.0 Å². The van der Waals surface area contributed by atoms with Crippen molar-refractivity contribution in [2.45, 2.75) is 66.2 Å². The maximum Gasteiger partial charge on any atom is 0.331 e. The van der Waals surface area contributed by atoms with Crippen molar-refractivity contribution in [2.24, 2.45) is 0 Å². The van der Waals surface area contributed by atoms with Crippen LogP contribution in [0.4, 0.5) is 0 Å². The van der Waals surface area contributed by atoms with E-state index in [0.29, 0.717) is 35.1 Å². The maximum atomic E-state index is 12.3. The Kier molecular flexibility index (Phi) is 8.92. The van der Waals surface area contributed by atoms with Gasteiger partial charge in [-0.2, -0.15) is 0 Å². The quantitative estimate of drug-likeness (QED) is 0.350. The summed E-state index contributed by atoms with van der Waals surface area (Å²) in [6.45, 7) is 7.75. The van der Waals surface area contributed by atoms with E-state index in [0.717, 1.165) is 31.2 Å². The first-order valence-corrected chi connectivity index (χ1v) is 10.8. The van der Waals surface area contributed by atoms with Crippen molar-refractivity contribution < 1.29 is 19.5 Å². The Labute approximate surface area is 185 Å². The lowest BCUT2D eigenvalue weighted by atomic mass is 9.88. The van der Waals surface area contributed by atoms with Crippen LogP contribution in [0.1, 0.15) is 86.1 Å². The first kappa shape index (κ1) is 24.3. The Bertz CT molecular complexity index is 982. The summed E-state index contributed by atoms with van der Waals surface area (Å²) in [6.07, 6.45) is 11.9. The molecule has 0 bridgehead atoms. The molecule has 0 saturated carbocycles. The molecule has 1 aliphatic rings. The fourth-order valence-corrected chi connectivity index (χ4v) is 3.58. The van der Waals surface area contributed by atoms with Crippen LogP contribution < -0.4 is 0 Å². The normalized spacial score (nSPS) is 14.3. The monoisotopic (exact) mass is 420 g/mol. The number of hydrogen-bond acceptors (Lipinski definition) is 3. The van der Waals surface area contributed by atoms with Crippen LogP contribution in [-0.4, -0.2) is 22.6 Å². The van der Waals surface area contributed by atoms with Crippen LogP contribution in [-0.2, 0) is 11.2 Å². The van der Waals surface area contributed by atoms with Gasteiger partial charge in [-0.3, -0.25) is 9.59 Å². The summed E-state index contributed by atoms with van der Waals surface area (Å²) in [5, 5.41) is 9.35. The van der Waals surface area contributed by atoms with E-state index >= 15 is 0 Å². The van der Waals surface area contributed by atoms with Crippen molar-refractivity contribution in [2.75, 3.05) is 0 Å². The average Bonchev–Trinajstić information content (AvgIpc) is 2.70. The van der Waals surface area contributed by atoms with Crippen molar-refractivity contribution in [3.05, 3.63) is 81.5 Å². The third-order valence-electron chi connectivity index (χ3n) is 5.40. The van der Waals surface area contributed by atoms with Gasteiger partial charge in [-0.15, -0.1) is 0 Å². The molecule has 0 atom stereocenters. The van der Waals surface area contributed by atoms with Crippen LogP contribution in [0, 0.1) is 0 Å². The Balaban J connectivity index is 1.89. The first-order valence-electron chi connectivity index (χ1n) is 10.8. The molecule has 0 saturated heterocycles. The molecular weight excluding hydrogens is 388 g/mol. The number of allylic oxidation sites excluding steroid dienone is 7. The minimum Gasteiger partial charge on any atom is -0.478 e. The molecule has 4 nitrogen and oxygen atoms in total. The largest absolute Gasteiger partial charge is 0.478 e. The van der Waals surface area contributed by atoms with E-state index in [4.69, 9.17) is 0 Å². The number of rotatable bonds is 10. The Hall–Kier alpha value is -3.01. The van der Waals surface area contributed by atoms with Crippen LogP contribution in [0.25, 0.3) is 0 Å². The third-order valence-corrected chi connectivity index (χ3v) is 5.40. The van der Waals surface area contributed by atoms with E-state index in [1.165, 1.54) is 17.2 Å². The summed E-state index contributed by atoms with van der Waals surface area (Å²) in [4.78, 5) is 35.8. The summed E-state index contributed by atoms with van der Waals surface area (Å²) in [7, 11) is 0. The highest BCUT2D eigenvalue weighted by molar-refractivity contribution is 6.24. The predicted molar refractivity (Wildman–Crippen MR) is 125 cm³/mol. The van der Waals surface area contributed by atoms with Gasteiger partial charge in [-0.1, -0.05) is 41.5 Å². The summed E-state index contributed by atoms with van der Waals surface area (Å²) in [6, 6.07) is 5.50. The second-order valence-corrected chi connectivity index (χ2v) is 8.38. The molecule has 0 amide bonds. The molecule has 0 radical (unpaired) electrons. The molecule has 0 spiro atoms. The Morgan fingerprint density at radius 3 is 2.32 bits per heavy atom. The van der Waals surface area contributed by atoms with Crippen LogP contribution in [0.2, 0.25) is 0 Å². The number of Topliss-reactive ketones (excluding diaryl/α,β-unsaturated/α-hetero) is 1. The van der Waals surface area contributed by atoms with Gasteiger partial charge in [0.1, 0.15) is 0 Å². The number of carboxylic acids is 1. The molecule has 1 aliphatic carbocycles. The fourth-order valence-electron chi connectivity index (χ4n) is 3.58. The highest BCUT2D eigenvalue weighted by Gasteiger charge is 2.23. The van der Waals surface area contributed by atoms with Gasteiger partial charge in [0, 0.05) is 22.3 Å². The number of carboxylic acid groups (broad SMARTS) is 1. The fraction of sp³-hybridized carbons (Fsp3) is 0.370. The van der Waals surface area contributed by atoms with Crippen molar-refractivity contribution in [3.8, 4) is 0 Å². The molecule has 0 unspecified atom stereocenters. The number of hydrogen-bond donors (Lipinski definition) is 1. The number of fused-ring (bicyclic) bond motifs is 1. The second-order valence-electron chi connectivity index (χ2n) is 8.38. The molecular formula is C27H32O4. The van der Waals surface area contributed by atoms with Crippen LogP contribution in [0.3, 0.4) is 0 Å². The zero-order valence-corrected chi connectivity index (χ0v) is 19.0. The molecule has 4 heteroatoms. The lowest BCUT2D eigenvalue weighted by Gasteiger charge is -2.13. The van der Waals surface area contributed by atoms with Gasteiger partial charge in [-0.05, 0) is 83.9 Å². The maximum absolute atomic E-state index is 12.3. The summed E-state index contributed by atoms with van der Waals surface area (Å²) < 4.78 is 0. The first-order chi connectivity index (χ1) is 14.7. The van der Waals surface area contributed by atoms with Crippen LogP contribution in [0.15, 0.2) is 64.8 Å². The minimum atomic E-state index is -0.839. The van der Waals surface area contributed by atoms with Crippen molar-refractivity contribution in [1.82, 2.24) is 0 Å². The highest BCUT2D eigenvalue weighted by Crippen LogP contribution is 2.23. The standard InChI is InChI=1S/C27H32O4/c1-18(2)8-5-12-22(27(30)31)13-7-10-19(3)9-6-11-21-14-15-23-24(17-21)26(29)20(4)16-25(23)28/h8-9,13-17H,5-7,10-12H2,1-4H3,(H,30,31). The summed E-state index contributed by atoms with van der Waals surface area (Å²) >= 11 is 0. The van der Waals surface area contributed by atoms with E-state index < -0.39 is 5.97 Å². The number of carbonyl (C=O) groups is 3. The summed E-state index contributed by atoms with van der Waals surface area (Å²) in [5.41, 5.74) is 5.39. The average molecular weight is 421 g/mol. The van der Waals surface area contributed by atoms with Gasteiger partial charge in [0.15, 0.2) is 11.6 Å². The lowest BCUT2D eigenvalue weighted by Crippen LogP contribution is -2.15. The Morgan fingerprint density at radius 2 is 1.65 bits per heavy atom. The van der Waals surface area contributed by atoms with E-state index in [1.807, 2.05) is 32.1 Å². The second kappa shape index (κ2) is 11.4. The zero-order chi connectivity index (χ0) is 23.0. The summed E-state index contributed by atoms with van der Waals surface area (Å²) in [5.74, 6) is -1.02. The van der Waals surface area contributed by atoms with Gasteiger partial charge in [0.2, 0.25) is 0 Å². The number of benzene rings is 1. The van der Waals surface area contributed by atoms with Gasteiger partial charge < -0.3 is 5.11 Å². The van der Waals surface area contributed by atoms with Crippen molar-refractivity contribution in [3.63, 3.8) is 0 Å². The number of aryl methyl sites for hydroxylation is 1. The zero-order valence-electron chi connectivity index (χ0n) is 19.0.